The first-order chi connectivity index (χ1) is 9.90. The van der Waals surface area contributed by atoms with Crippen molar-refractivity contribution in [2.45, 2.75) is 13.5 Å². The van der Waals surface area contributed by atoms with Crippen molar-refractivity contribution in [2.75, 3.05) is 5.32 Å². The Balaban J connectivity index is 2.23. The molecule has 0 saturated carbocycles. The van der Waals surface area contributed by atoms with Crippen molar-refractivity contribution in [3.8, 4) is 0 Å². The van der Waals surface area contributed by atoms with Crippen LogP contribution in [0.5, 0.6) is 0 Å². The fourth-order valence-electron chi connectivity index (χ4n) is 1.87. The lowest BCUT2D eigenvalue weighted by molar-refractivity contribution is -0.384. The molecule has 21 heavy (non-hydrogen) atoms. The van der Waals surface area contributed by atoms with E-state index in [9.17, 15) is 18.9 Å². The van der Waals surface area contributed by atoms with E-state index in [1.165, 1.54) is 24.3 Å². The Morgan fingerprint density at radius 3 is 2.71 bits per heavy atom. The maximum Gasteiger partial charge on any atom is 0.288 e. The lowest BCUT2D eigenvalue weighted by Crippen LogP contribution is -2.05. The summed E-state index contributed by atoms with van der Waals surface area (Å²) < 4.78 is 26.6. The van der Waals surface area contributed by atoms with Crippen molar-refractivity contribution in [2.24, 2.45) is 0 Å². The summed E-state index contributed by atoms with van der Waals surface area (Å²) in [6.45, 7) is 1.70. The molecule has 0 aliphatic heterocycles. The van der Waals surface area contributed by atoms with Crippen molar-refractivity contribution in [1.29, 1.82) is 0 Å². The van der Waals surface area contributed by atoms with E-state index in [4.69, 9.17) is 11.6 Å². The maximum absolute atomic E-state index is 13.5. The molecule has 0 heterocycles. The number of nitro benzene ring substituents is 1. The van der Waals surface area contributed by atoms with E-state index in [1.807, 2.05) is 0 Å². The minimum atomic E-state index is -0.923. The largest absolute Gasteiger partial charge is 0.381 e. The summed E-state index contributed by atoms with van der Waals surface area (Å²) in [4.78, 5) is 10.2. The minimum absolute atomic E-state index is 0.0205. The van der Waals surface area contributed by atoms with Crippen LogP contribution in [-0.4, -0.2) is 4.92 Å². The predicted molar refractivity (Wildman–Crippen MR) is 76.5 cm³/mol. The summed E-state index contributed by atoms with van der Waals surface area (Å²) >= 11 is 5.82. The van der Waals surface area contributed by atoms with Crippen molar-refractivity contribution < 1.29 is 13.7 Å². The van der Waals surface area contributed by atoms with Crippen LogP contribution in [0.2, 0.25) is 5.02 Å². The molecule has 7 heteroatoms. The van der Waals surface area contributed by atoms with E-state index in [1.54, 1.807) is 6.92 Å². The average molecular weight is 313 g/mol. The van der Waals surface area contributed by atoms with Gasteiger partial charge in [-0.15, -0.1) is 0 Å². The number of anilines is 1. The Labute approximate surface area is 124 Å². The van der Waals surface area contributed by atoms with Crippen LogP contribution < -0.4 is 5.32 Å². The predicted octanol–water partition coefficient (Wildman–Crippen LogP) is 4.45. The zero-order valence-corrected chi connectivity index (χ0v) is 11.7. The number of halogens is 3. The van der Waals surface area contributed by atoms with E-state index in [0.717, 1.165) is 6.07 Å². The van der Waals surface area contributed by atoms with Crippen LogP contribution in [0, 0.1) is 28.7 Å². The molecule has 0 aliphatic carbocycles. The molecule has 2 rings (SSSR count). The van der Waals surface area contributed by atoms with Crippen molar-refractivity contribution >= 4 is 23.0 Å². The molecular weight excluding hydrogens is 302 g/mol. The third-order valence-electron chi connectivity index (χ3n) is 2.99. The first-order valence-corrected chi connectivity index (χ1v) is 6.39. The molecule has 0 atom stereocenters. The number of benzene rings is 2. The Morgan fingerprint density at radius 1 is 1.33 bits per heavy atom. The Bertz CT molecular complexity index is 708. The molecule has 0 saturated heterocycles. The monoisotopic (exact) mass is 312 g/mol. The Morgan fingerprint density at radius 2 is 2.05 bits per heavy atom. The summed E-state index contributed by atoms with van der Waals surface area (Å²) in [5, 5.41) is 13.6. The first kappa shape index (κ1) is 15.2. The highest BCUT2D eigenvalue weighted by Crippen LogP contribution is 2.30. The second-order valence-electron chi connectivity index (χ2n) is 4.44. The number of nitrogens with one attached hydrogen (secondary N) is 1. The van der Waals surface area contributed by atoms with Gasteiger partial charge in [-0.1, -0.05) is 23.7 Å². The van der Waals surface area contributed by atoms with Crippen LogP contribution in [0.4, 0.5) is 20.2 Å². The zero-order chi connectivity index (χ0) is 15.6. The van der Waals surface area contributed by atoms with Gasteiger partial charge in [-0.3, -0.25) is 10.1 Å². The molecule has 0 aromatic heterocycles. The van der Waals surface area contributed by atoms with Gasteiger partial charge < -0.3 is 5.32 Å². The third-order valence-corrected chi connectivity index (χ3v) is 3.29. The van der Waals surface area contributed by atoms with Crippen LogP contribution in [0.15, 0.2) is 30.3 Å². The van der Waals surface area contributed by atoms with Crippen LogP contribution in [0.1, 0.15) is 11.1 Å². The number of hydrogen-bond donors (Lipinski definition) is 1. The minimum Gasteiger partial charge on any atom is -0.381 e. The van der Waals surface area contributed by atoms with E-state index >= 15 is 0 Å². The fraction of sp³-hybridized carbons (Fsp3) is 0.143. The fourth-order valence-corrected chi connectivity index (χ4v) is 2.10. The number of nitro groups is 1. The molecule has 4 nitrogen and oxygen atoms in total. The van der Waals surface area contributed by atoms with Gasteiger partial charge in [-0.25, -0.2) is 8.78 Å². The van der Waals surface area contributed by atoms with Crippen LogP contribution in [-0.2, 0) is 6.54 Å². The molecule has 0 amide bonds. The van der Waals surface area contributed by atoms with Gasteiger partial charge in [0.15, 0.2) is 11.6 Å². The van der Waals surface area contributed by atoms with Gasteiger partial charge >= 0.3 is 0 Å². The number of rotatable bonds is 4. The standard InChI is InChI=1S/C14H11ClF2N2O2/c1-8-5-13(19(20)21)10(15)6-12(8)18-7-9-3-2-4-11(16)14(9)17/h2-6,18H,7H2,1H3. The zero-order valence-electron chi connectivity index (χ0n) is 11.0. The van der Waals surface area contributed by atoms with Crippen molar-refractivity contribution in [3.05, 3.63) is 68.2 Å². The van der Waals surface area contributed by atoms with Crippen LogP contribution in [0.3, 0.4) is 0 Å². The van der Waals surface area contributed by atoms with Gasteiger partial charge in [0.1, 0.15) is 5.02 Å². The maximum atomic E-state index is 13.5. The molecular formula is C14H11ClF2N2O2. The Hall–Kier alpha value is -2.21. The third kappa shape index (κ3) is 3.28. The Kier molecular flexibility index (Phi) is 4.37. The second-order valence-corrected chi connectivity index (χ2v) is 4.85. The molecule has 0 radical (unpaired) electrons. The van der Waals surface area contributed by atoms with E-state index < -0.39 is 16.6 Å². The van der Waals surface area contributed by atoms with Crippen molar-refractivity contribution in [1.82, 2.24) is 0 Å². The first-order valence-electron chi connectivity index (χ1n) is 6.01. The SMILES string of the molecule is Cc1cc([N+](=O)[O-])c(Cl)cc1NCc1cccc(F)c1F. The quantitative estimate of drug-likeness (QED) is 0.670. The highest BCUT2D eigenvalue weighted by molar-refractivity contribution is 6.33. The van der Waals surface area contributed by atoms with Gasteiger partial charge in [-0.2, -0.15) is 0 Å². The molecule has 0 unspecified atom stereocenters. The molecule has 2 aromatic rings. The molecule has 0 fully saturated rings. The lowest BCUT2D eigenvalue weighted by atomic mass is 10.1. The molecule has 2 aromatic carbocycles. The van der Waals surface area contributed by atoms with Gasteiger partial charge in [0.05, 0.1) is 4.92 Å². The second kappa shape index (κ2) is 6.05. The summed E-state index contributed by atoms with van der Waals surface area (Å²) in [5.74, 6) is -1.84. The highest BCUT2D eigenvalue weighted by atomic mass is 35.5. The summed E-state index contributed by atoms with van der Waals surface area (Å²) in [5.41, 5.74) is 1.07. The van der Waals surface area contributed by atoms with Crippen LogP contribution in [0.25, 0.3) is 0 Å². The summed E-state index contributed by atoms with van der Waals surface area (Å²) in [6.07, 6.45) is 0. The highest BCUT2D eigenvalue weighted by Gasteiger charge is 2.15. The summed E-state index contributed by atoms with van der Waals surface area (Å²) in [7, 11) is 0. The summed E-state index contributed by atoms with van der Waals surface area (Å²) in [6, 6.07) is 6.62. The van der Waals surface area contributed by atoms with Gasteiger partial charge in [0.2, 0.25) is 0 Å². The number of hydrogen-bond acceptors (Lipinski definition) is 3. The molecule has 0 spiro atoms. The lowest BCUT2D eigenvalue weighted by Gasteiger charge is -2.11. The molecule has 1 N–H and O–H groups in total. The van der Waals surface area contributed by atoms with Crippen LogP contribution >= 0.6 is 11.6 Å². The van der Waals surface area contributed by atoms with Gasteiger partial charge in [0.25, 0.3) is 5.69 Å². The average Bonchev–Trinajstić information content (AvgIpc) is 2.43. The normalized spacial score (nSPS) is 10.5. The van der Waals surface area contributed by atoms with Crippen molar-refractivity contribution in [3.63, 3.8) is 0 Å². The smallest absolute Gasteiger partial charge is 0.288 e. The van der Waals surface area contributed by atoms with E-state index in [2.05, 4.69) is 5.32 Å². The molecule has 0 aliphatic rings. The van der Waals surface area contributed by atoms with Gasteiger partial charge in [-0.05, 0) is 24.6 Å². The number of nitrogens with zero attached hydrogens (tertiary/aromatic N) is 1. The topological polar surface area (TPSA) is 55.2 Å². The molecule has 110 valence electrons. The van der Waals surface area contributed by atoms with E-state index in [-0.39, 0.29) is 22.8 Å². The van der Waals surface area contributed by atoms with Gasteiger partial charge in [0, 0.05) is 23.9 Å². The molecule has 0 bridgehead atoms. The number of aryl methyl sites for hydroxylation is 1. The van der Waals surface area contributed by atoms with E-state index in [0.29, 0.717) is 11.3 Å².